The molecule has 0 saturated carbocycles. The molecule has 0 heterocycles. The molecule has 0 aliphatic heterocycles. The molecule has 22 nitrogen and oxygen atoms in total. The van der Waals surface area contributed by atoms with Gasteiger partial charge in [0.2, 0.25) is 0 Å². The van der Waals surface area contributed by atoms with Crippen LogP contribution in [0.3, 0.4) is 0 Å². The molecule has 22 N–H and O–H groups in total. The Hall–Kier alpha value is -0.880. The first kappa shape index (κ1) is 154. The average Bonchev–Trinajstić information content (AvgIpc) is 0.905. The monoisotopic (exact) mass is 1920 g/mol. The Balaban J connectivity index is -0.000000136. The minimum absolute atomic E-state index is 0.0524. The summed E-state index contributed by atoms with van der Waals surface area (Å²) in [5.74, 6) is 7.63. The van der Waals surface area contributed by atoms with E-state index in [9.17, 15) is 56.2 Å². The van der Waals surface area contributed by atoms with Crippen LogP contribution in [-0.2, 0) is 0 Å². The van der Waals surface area contributed by atoms with E-state index in [-0.39, 0.29) is 175 Å². The SMILES string of the molecule is CCC(CO)C(O)CCC(C)C.CCC(CO)CC(O)CC(C)C.CCC(O)(CO)CCCC(C)C.CCC(O)C(CO)CCC(C)C.CCC(O)CC(CO)CC(C)C.CCC(O)CCC(CO)C(C)C.CCCC(CO)C(O)CC(C)C.CCCC(O)(CO)CCC(C)C.CCCC(O)C(CO)CC(C)C.CCCC(O)CC(CO)C(C)C.CCCCC(O)C(CO)C(C)C. The van der Waals surface area contributed by atoms with Gasteiger partial charge in [-0.2, -0.15) is 0 Å². The average molecular weight is 1920 g/mol. The van der Waals surface area contributed by atoms with Crippen molar-refractivity contribution >= 4 is 0 Å². The molecule has 0 fully saturated rings. The third-order valence-corrected chi connectivity index (χ3v) is 25.1. The highest BCUT2D eigenvalue weighted by atomic mass is 16.3. The van der Waals surface area contributed by atoms with Crippen molar-refractivity contribution in [2.45, 2.75) is 519 Å². The van der Waals surface area contributed by atoms with Gasteiger partial charge >= 0.3 is 0 Å². The molecule has 0 spiro atoms. The van der Waals surface area contributed by atoms with E-state index in [1.165, 1.54) is 0 Å². The number of aliphatic hydroxyl groups excluding tert-OH is 20. The van der Waals surface area contributed by atoms with Gasteiger partial charge in [0, 0.05) is 89.1 Å². The summed E-state index contributed by atoms with van der Waals surface area (Å²) >= 11 is 0. The van der Waals surface area contributed by atoms with Crippen molar-refractivity contribution in [3.63, 3.8) is 0 Å². The summed E-state index contributed by atoms with van der Waals surface area (Å²) in [5, 5.41) is 204. The maximum absolute atomic E-state index is 9.82. The highest BCUT2D eigenvalue weighted by Gasteiger charge is 2.28. The topological polar surface area (TPSA) is 445 Å². The molecular formula is C110H242O22. The van der Waals surface area contributed by atoms with Crippen LogP contribution in [0.4, 0.5) is 0 Å². The van der Waals surface area contributed by atoms with Crippen LogP contribution in [0.5, 0.6) is 0 Å². The van der Waals surface area contributed by atoms with Crippen LogP contribution in [0, 0.1) is 118 Å². The van der Waals surface area contributed by atoms with Crippen molar-refractivity contribution in [3.05, 3.63) is 0 Å². The Bertz CT molecular complexity index is 2120. The number of rotatable bonds is 66. The Morgan fingerprint density at radius 1 is 0.205 bits per heavy atom. The van der Waals surface area contributed by atoms with Crippen LogP contribution < -0.4 is 0 Å². The first-order valence-electron chi connectivity index (χ1n) is 53.8. The lowest BCUT2D eigenvalue weighted by molar-refractivity contribution is -0.0319. The van der Waals surface area contributed by atoms with Crippen LogP contribution in [0.25, 0.3) is 0 Å². The van der Waals surface area contributed by atoms with E-state index in [2.05, 4.69) is 159 Å². The molecule has 0 aromatic rings. The van der Waals surface area contributed by atoms with Crippen LogP contribution in [0.15, 0.2) is 0 Å². The maximum atomic E-state index is 9.82. The summed E-state index contributed by atoms with van der Waals surface area (Å²) in [5.41, 5.74) is -1.64. The number of hydrogen-bond donors (Lipinski definition) is 22. The highest BCUT2D eigenvalue weighted by Crippen LogP contribution is 2.27. The van der Waals surface area contributed by atoms with E-state index >= 15 is 0 Å². The van der Waals surface area contributed by atoms with E-state index in [1.54, 1.807) is 0 Å². The molecule has 0 aliphatic rings. The second-order valence-electron chi connectivity index (χ2n) is 43.2. The van der Waals surface area contributed by atoms with Crippen molar-refractivity contribution in [1.29, 1.82) is 0 Å². The lowest BCUT2D eigenvalue weighted by Gasteiger charge is -2.26. The van der Waals surface area contributed by atoms with Crippen molar-refractivity contribution in [2.24, 2.45) is 118 Å². The van der Waals surface area contributed by atoms with Gasteiger partial charge in [0.25, 0.3) is 0 Å². The lowest BCUT2D eigenvalue weighted by atomic mass is 9.88. The molecule has 0 rings (SSSR count). The summed E-state index contributed by atoms with van der Waals surface area (Å²) in [6.45, 7) is 69.9. The second kappa shape index (κ2) is 104. The molecule has 22 heteroatoms. The fourth-order valence-corrected chi connectivity index (χ4v) is 14.9. The Morgan fingerprint density at radius 3 is 0.955 bits per heavy atom. The Kier molecular flexibility index (Phi) is 122. The summed E-state index contributed by atoms with van der Waals surface area (Å²) in [6.07, 6.45) is 28.5. The van der Waals surface area contributed by atoms with Crippen LogP contribution in [-0.4, -0.2) is 251 Å². The first-order valence-corrected chi connectivity index (χ1v) is 53.8. The number of aliphatic hydroxyl groups is 22. The molecule has 0 aromatic carbocycles. The molecular weight excluding hydrogens is 1670 g/mol. The molecule has 0 aliphatic carbocycles. The van der Waals surface area contributed by atoms with Crippen molar-refractivity contribution in [2.75, 3.05) is 72.7 Å². The fourth-order valence-electron chi connectivity index (χ4n) is 14.9. The zero-order chi connectivity index (χ0) is 105. The summed E-state index contributed by atoms with van der Waals surface area (Å²) < 4.78 is 0. The Morgan fingerprint density at radius 2 is 0.621 bits per heavy atom. The minimum Gasteiger partial charge on any atom is -0.396 e. The smallest absolute Gasteiger partial charge is 0.0877 e. The van der Waals surface area contributed by atoms with Gasteiger partial charge in [-0.1, -0.05) is 293 Å². The highest BCUT2D eigenvalue weighted by molar-refractivity contribution is 4.79. The van der Waals surface area contributed by atoms with Gasteiger partial charge in [-0.25, -0.2) is 0 Å². The quantitative estimate of drug-likeness (QED) is 0.0269. The molecule has 0 aromatic heterocycles. The molecule has 20 atom stereocenters. The van der Waals surface area contributed by atoms with E-state index in [0.717, 1.165) is 212 Å². The van der Waals surface area contributed by atoms with E-state index in [4.69, 9.17) is 56.2 Å². The summed E-state index contributed by atoms with van der Waals surface area (Å²) in [6, 6.07) is 0. The zero-order valence-corrected chi connectivity index (χ0v) is 93.1. The molecule has 814 valence electrons. The minimum atomic E-state index is -0.825. The summed E-state index contributed by atoms with van der Waals surface area (Å²) in [4.78, 5) is 0. The molecule has 20 unspecified atom stereocenters. The third kappa shape index (κ3) is 106. The Labute approximate surface area is 818 Å². The summed E-state index contributed by atoms with van der Waals surface area (Å²) in [7, 11) is 0. The molecule has 132 heavy (non-hydrogen) atoms. The van der Waals surface area contributed by atoms with E-state index < -0.39 is 11.2 Å². The van der Waals surface area contributed by atoms with Gasteiger partial charge in [-0.3, -0.25) is 0 Å². The predicted octanol–water partition coefficient (Wildman–Crippen LogP) is 20.1. The van der Waals surface area contributed by atoms with Crippen molar-refractivity contribution in [3.8, 4) is 0 Å². The maximum Gasteiger partial charge on any atom is 0.0877 e. The van der Waals surface area contributed by atoms with Crippen LogP contribution in [0.1, 0.15) is 453 Å². The van der Waals surface area contributed by atoms with Crippen LogP contribution in [0.2, 0.25) is 0 Å². The van der Waals surface area contributed by atoms with Gasteiger partial charge in [-0.15, -0.1) is 0 Å². The van der Waals surface area contributed by atoms with Gasteiger partial charge in [0.1, 0.15) is 0 Å². The van der Waals surface area contributed by atoms with Crippen molar-refractivity contribution < 1.29 is 112 Å². The molecule has 0 amide bonds. The van der Waals surface area contributed by atoms with Crippen molar-refractivity contribution in [1.82, 2.24) is 0 Å². The van der Waals surface area contributed by atoms with Gasteiger partial charge < -0.3 is 112 Å². The van der Waals surface area contributed by atoms with Gasteiger partial charge in [0.05, 0.1) is 79.4 Å². The third-order valence-electron chi connectivity index (χ3n) is 25.1. The molecule has 0 radical (unpaired) electrons. The van der Waals surface area contributed by atoms with Crippen LogP contribution >= 0.6 is 0 Å². The lowest BCUT2D eigenvalue weighted by Crippen LogP contribution is -2.33. The van der Waals surface area contributed by atoms with Gasteiger partial charge in [0.15, 0.2) is 0 Å². The fraction of sp³-hybridized carbons (Fsp3) is 1.00. The van der Waals surface area contributed by atoms with Gasteiger partial charge in [-0.05, 0) is 249 Å². The normalized spacial score (nSPS) is 16.5. The number of hydrogen-bond acceptors (Lipinski definition) is 22. The van der Waals surface area contributed by atoms with E-state index in [0.29, 0.717) is 83.9 Å². The number of unbranched alkanes of at least 4 members (excludes halogenated alkanes) is 1. The molecule has 0 bridgehead atoms. The van der Waals surface area contributed by atoms with E-state index in [1.807, 2.05) is 69.2 Å². The largest absolute Gasteiger partial charge is 0.396 e. The predicted molar refractivity (Wildman–Crippen MR) is 561 cm³/mol. The second-order valence-corrected chi connectivity index (χ2v) is 43.2. The molecule has 0 saturated heterocycles. The zero-order valence-electron chi connectivity index (χ0n) is 93.1. The standard InChI is InChI=1S/11C10H22O2/c1-4-10(12)6-9(7-11)5-8(2)3;1-4-9(7-11)6-10(12)5-8(2)3;1-4-10(12)6-5-9(7-11)8(2)3;1-4-10(12)9(7-11)6-5-8(2)3;1-4-9(7-11)10(12)6-5-8(2)3;1-4-10(12,8-11)7-5-6-9(2)3;1-4-6-10(12,8-11)7-5-9(2)3;1-4-5-10(12)6-9(7-11)8(2)3;1-4-5-10(12)9(7-11)6-8(2)3;1-4-5-9(7-11)10(12)6-8(2)3;1-4-5-6-10(12)9(7-11)8(2)3/h5*8-12H,4-7H2,1-3H3;2*9,11-12H,4-8H2,1-3H3;4*8-12H,4-7H2,1-3H3. The first-order chi connectivity index (χ1) is 61.6.